The van der Waals surface area contributed by atoms with E-state index in [0.29, 0.717) is 0 Å². The van der Waals surface area contributed by atoms with Crippen LogP contribution in [0.3, 0.4) is 0 Å². The van der Waals surface area contributed by atoms with Crippen molar-refractivity contribution in [2.24, 2.45) is 0 Å². The average Bonchev–Trinajstić information content (AvgIpc) is 2.85. The topological polar surface area (TPSA) is 67.9 Å². The van der Waals surface area contributed by atoms with E-state index < -0.39 is 29.8 Å². The zero-order valence-corrected chi connectivity index (χ0v) is 20.8. The maximum atomic E-state index is 13.4. The first-order chi connectivity index (χ1) is 16.8. The number of alkyl carbamates (subject to hydrolysis) is 1. The first-order valence-electron chi connectivity index (χ1n) is 11.8. The van der Waals surface area contributed by atoms with Crippen molar-refractivity contribution in [1.82, 2.24) is 10.2 Å². The molecule has 0 bridgehead atoms. The molecular formula is C29H34N2O4. The molecule has 6 heteroatoms. The van der Waals surface area contributed by atoms with Crippen molar-refractivity contribution in [1.29, 1.82) is 0 Å². The summed E-state index contributed by atoms with van der Waals surface area (Å²) in [5, 5.41) is 2.92. The third-order valence-electron chi connectivity index (χ3n) is 5.58. The fraction of sp³-hybridized carbons (Fsp3) is 0.310. The molecule has 2 amide bonds. The second-order valence-electron chi connectivity index (χ2n) is 9.43. The molecule has 6 nitrogen and oxygen atoms in total. The summed E-state index contributed by atoms with van der Waals surface area (Å²) in [6.45, 7) is 8.05. The van der Waals surface area contributed by atoms with Crippen LogP contribution in [-0.4, -0.2) is 28.7 Å². The molecule has 184 valence electrons. The van der Waals surface area contributed by atoms with Crippen molar-refractivity contribution in [2.75, 3.05) is 0 Å². The number of nitrogens with zero attached hydrogens (tertiary/aromatic N) is 1. The Bertz CT molecular complexity index is 1070. The molecule has 1 N–H and O–H groups in total. The standard InChI is InChI=1S/C29H34N2O4/c1-22(30-27(32)34-20-23-14-8-5-9-15-23)26(25-18-12-7-13-19-25)31(29(2,3)4)28(33)35-21-24-16-10-6-11-17-24/h5-19,22,26H,20-21H2,1-4H3,(H,30,32)/t22-,26?/m0/s1. The predicted molar refractivity (Wildman–Crippen MR) is 137 cm³/mol. The monoisotopic (exact) mass is 474 g/mol. The van der Waals surface area contributed by atoms with Crippen molar-refractivity contribution in [3.63, 3.8) is 0 Å². The number of ether oxygens (including phenoxy) is 2. The molecule has 3 aromatic carbocycles. The van der Waals surface area contributed by atoms with Crippen LogP contribution in [0.2, 0.25) is 0 Å². The van der Waals surface area contributed by atoms with Crippen LogP contribution >= 0.6 is 0 Å². The quantitative estimate of drug-likeness (QED) is 0.406. The van der Waals surface area contributed by atoms with Gasteiger partial charge in [-0.3, -0.25) is 4.90 Å². The largest absolute Gasteiger partial charge is 0.445 e. The fourth-order valence-electron chi connectivity index (χ4n) is 3.93. The van der Waals surface area contributed by atoms with Gasteiger partial charge in [0.05, 0.1) is 12.1 Å². The number of carbonyl (C=O) groups excluding carboxylic acids is 2. The van der Waals surface area contributed by atoms with Gasteiger partial charge in [0, 0.05) is 5.54 Å². The van der Waals surface area contributed by atoms with E-state index >= 15 is 0 Å². The number of hydrogen-bond donors (Lipinski definition) is 1. The molecule has 0 aliphatic carbocycles. The van der Waals surface area contributed by atoms with Crippen molar-refractivity contribution in [2.45, 2.75) is 58.5 Å². The van der Waals surface area contributed by atoms with Crippen molar-refractivity contribution in [3.05, 3.63) is 108 Å². The normalized spacial score (nSPS) is 12.8. The Morgan fingerprint density at radius 3 is 1.71 bits per heavy atom. The Balaban J connectivity index is 1.79. The molecule has 0 saturated heterocycles. The third kappa shape index (κ3) is 7.60. The smallest absolute Gasteiger partial charge is 0.411 e. The van der Waals surface area contributed by atoms with Crippen molar-refractivity contribution in [3.8, 4) is 0 Å². The van der Waals surface area contributed by atoms with Gasteiger partial charge in [0.15, 0.2) is 0 Å². The van der Waals surface area contributed by atoms with Crippen molar-refractivity contribution < 1.29 is 19.1 Å². The second kappa shape index (κ2) is 12.1. The summed E-state index contributed by atoms with van der Waals surface area (Å²) in [6, 6.07) is 27.8. The zero-order valence-electron chi connectivity index (χ0n) is 20.8. The van der Waals surface area contributed by atoms with E-state index in [-0.39, 0.29) is 13.2 Å². The summed E-state index contributed by atoms with van der Waals surface area (Å²) in [4.78, 5) is 27.8. The molecule has 0 heterocycles. The van der Waals surface area contributed by atoms with E-state index in [2.05, 4.69) is 5.32 Å². The number of rotatable bonds is 8. The number of amides is 2. The lowest BCUT2D eigenvalue weighted by atomic mass is 9.93. The molecule has 0 aliphatic heterocycles. The summed E-state index contributed by atoms with van der Waals surface area (Å²) >= 11 is 0. The van der Waals surface area contributed by atoms with Gasteiger partial charge in [0.2, 0.25) is 0 Å². The highest BCUT2D eigenvalue weighted by molar-refractivity contribution is 5.71. The van der Waals surface area contributed by atoms with Gasteiger partial charge >= 0.3 is 12.2 Å². The predicted octanol–water partition coefficient (Wildman–Crippen LogP) is 6.48. The minimum Gasteiger partial charge on any atom is -0.445 e. The molecule has 0 saturated carbocycles. The van der Waals surface area contributed by atoms with Gasteiger partial charge < -0.3 is 14.8 Å². The highest BCUT2D eigenvalue weighted by atomic mass is 16.6. The van der Waals surface area contributed by atoms with Crippen LogP contribution in [0.4, 0.5) is 9.59 Å². The lowest BCUT2D eigenvalue weighted by Gasteiger charge is -2.43. The van der Waals surface area contributed by atoms with Crippen LogP contribution < -0.4 is 5.32 Å². The second-order valence-corrected chi connectivity index (χ2v) is 9.43. The van der Waals surface area contributed by atoms with Crippen LogP contribution in [0.5, 0.6) is 0 Å². The number of hydrogen-bond acceptors (Lipinski definition) is 4. The van der Waals surface area contributed by atoms with Crippen LogP contribution in [0.1, 0.15) is 50.4 Å². The van der Waals surface area contributed by atoms with E-state index in [0.717, 1.165) is 16.7 Å². The molecule has 0 aromatic heterocycles. The first-order valence-corrected chi connectivity index (χ1v) is 11.8. The molecular weight excluding hydrogens is 440 g/mol. The van der Waals surface area contributed by atoms with E-state index in [4.69, 9.17) is 9.47 Å². The SMILES string of the molecule is C[C@H](NC(=O)OCc1ccccc1)C(c1ccccc1)N(C(=O)OCc1ccccc1)C(C)(C)C. The fourth-order valence-corrected chi connectivity index (χ4v) is 3.93. The lowest BCUT2D eigenvalue weighted by Crippen LogP contribution is -2.54. The molecule has 1 unspecified atom stereocenters. The van der Waals surface area contributed by atoms with Gasteiger partial charge in [-0.15, -0.1) is 0 Å². The third-order valence-corrected chi connectivity index (χ3v) is 5.58. The van der Waals surface area contributed by atoms with E-state index in [1.165, 1.54) is 0 Å². The Kier molecular flexibility index (Phi) is 8.90. The van der Waals surface area contributed by atoms with Crippen molar-refractivity contribution >= 4 is 12.2 Å². The lowest BCUT2D eigenvalue weighted by molar-refractivity contribution is 0.0291. The molecule has 0 radical (unpaired) electrons. The minimum absolute atomic E-state index is 0.161. The van der Waals surface area contributed by atoms with Crippen LogP contribution in [-0.2, 0) is 22.7 Å². The van der Waals surface area contributed by atoms with E-state index in [1.54, 1.807) is 4.90 Å². The molecule has 0 spiro atoms. The van der Waals surface area contributed by atoms with E-state index in [1.807, 2.05) is 119 Å². The summed E-state index contributed by atoms with van der Waals surface area (Å²) in [7, 11) is 0. The Labute approximate surface area is 207 Å². The summed E-state index contributed by atoms with van der Waals surface area (Å²) in [6.07, 6.45) is -1.00. The summed E-state index contributed by atoms with van der Waals surface area (Å²) < 4.78 is 11.2. The van der Waals surface area contributed by atoms with Gasteiger partial charge in [-0.05, 0) is 44.4 Å². The van der Waals surface area contributed by atoms with Crippen LogP contribution in [0.25, 0.3) is 0 Å². The summed E-state index contributed by atoms with van der Waals surface area (Å²) in [5.74, 6) is 0. The van der Waals surface area contributed by atoms with E-state index in [9.17, 15) is 9.59 Å². The number of nitrogens with one attached hydrogen (secondary N) is 1. The Morgan fingerprint density at radius 2 is 1.23 bits per heavy atom. The maximum absolute atomic E-state index is 13.4. The molecule has 0 fully saturated rings. The van der Waals surface area contributed by atoms with Gasteiger partial charge in [-0.1, -0.05) is 91.0 Å². The van der Waals surface area contributed by atoms with Gasteiger partial charge in [-0.25, -0.2) is 9.59 Å². The van der Waals surface area contributed by atoms with Gasteiger partial charge in [-0.2, -0.15) is 0 Å². The van der Waals surface area contributed by atoms with Gasteiger partial charge in [0.1, 0.15) is 13.2 Å². The first kappa shape index (κ1) is 25.8. The molecule has 35 heavy (non-hydrogen) atoms. The molecule has 0 aliphatic rings. The molecule has 3 aromatic rings. The maximum Gasteiger partial charge on any atom is 0.411 e. The number of benzene rings is 3. The Morgan fingerprint density at radius 1 is 0.771 bits per heavy atom. The minimum atomic E-state index is -0.585. The average molecular weight is 475 g/mol. The van der Waals surface area contributed by atoms with Crippen LogP contribution in [0, 0.1) is 0 Å². The Hall–Kier alpha value is -3.80. The number of carbonyl (C=O) groups is 2. The van der Waals surface area contributed by atoms with Crippen LogP contribution in [0.15, 0.2) is 91.0 Å². The summed E-state index contributed by atoms with van der Waals surface area (Å²) in [5.41, 5.74) is 2.10. The highest BCUT2D eigenvalue weighted by Gasteiger charge is 2.39. The molecule has 3 rings (SSSR count). The zero-order chi connectivity index (χ0) is 25.3. The molecule has 2 atom stereocenters. The highest BCUT2D eigenvalue weighted by Crippen LogP contribution is 2.32. The van der Waals surface area contributed by atoms with Gasteiger partial charge in [0.25, 0.3) is 0 Å².